The van der Waals surface area contributed by atoms with Gasteiger partial charge >= 0.3 is 0 Å². The van der Waals surface area contributed by atoms with Crippen LogP contribution in [0.2, 0.25) is 0 Å². The van der Waals surface area contributed by atoms with Gasteiger partial charge in [-0.1, -0.05) is 19.4 Å². The van der Waals surface area contributed by atoms with E-state index >= 15 is 0 Å². The highest BCUT2D eigenvalue weighted by molar-refractivity contribution is 5.91. The molecular formula is C19H28O3. The maximum absolute atomic E-state index is 11.8. The van der Waals surface area contributed by atoms with E-state index in [0.717, 1.165) is 38.5 Å². The second-order valence-corrected chi connectivity index (χ2v) is 8.75. The molecule has 0 bridgehead atoms. The smallest absolute Gasteiger partial charge is 0.155 e. The lowest BCUT2D eigenvalue weighted by atomic mass is 9.46. The number of allylic oxidation sites excluding steroid dienone is 1. The second-order valence-electron chi connectivity index (χ2n) is 8.75. The lowest BCUT2D eigenvalue weighted by molar-refractivity contribution is -0.139. The number of carbonyl (C=O) groups is 1. The molecule has 7 atom stereocenters. The molecule has 122 valence electrons. The summed E-state index contributed by atoms with van der Waals surface area (Å²) in [6.07, 6.45) is 7.58. The third kappa shape index (κ3) is 1.78. The Hall–Kier alpha value is -0.670. The molecule has 22 heavy (non-hydrogen) atoms. The largest absolute Gasteiger partial charge is 0.393 e. The van der Waals surface area contributed by atoms with Crippen molar-refractivity contribution in [1.29, 1.82) is 0 Å². The van der Waals surface area contributed by atoms with Gasteiger partial charge in [-0.05, 0) is 73.2 Å². The highest BCUT2D eigenvalue weighted by Crippen LogP contribution is 2.65. The zero-order valence-electron chi connectivity index (χ0n) is 13.7. The van der Waals surface area contributed by atoms with Crippen molar-refractivity contribution in [1.82, 2.24) is 0 Å². The molecule has 0 aromatic heterocycles. The Morgan fingerprint density at radius 1 is 1.14 bits per heavy atom. The van der Waals surface area contributed by atoms with E-state index in [9.17, 15) is 15.0 Å². The van der Waals surface area contributed by atoms with Gasteiger partial charge in [0.1, 0.15) is 0 Å². The summed E-state index contributed by atoms with van der Waals surface area (Å²) < 4.78 is 0. The molecule has 0 saturated heterocycles. The third-order valence-electron chi connectivity index (χ3n) is 7.90. The quantitative estimate of drug-likeness (QED) is 0.723. The Bertz CT molecular complexity index is 539. The van der Waals surface area contributed by atoms with E-state index in [4.69, 9.17) is 0 Å². The van der Waals surface area contributed by atoms with Crippen LogP contribution in [0.4, 0.5) is 0 Å². The number of rotatable bonds is 0. The maximum Gasteiger partial charge on any atom is 0.155 e. The average Bonchev–Trinajstić information content (AvgIpc) is 2.79. The van der Waals surface area contributed by atoms with Crippen molar-refractivity contribution in [2.75, 3.05) is 0 Å². The van der Waals surface area contributed by atoms with Crippen LogP contribution in [-0.2, 0) is 4.79 Å². The van der Waals surface area contributed by atoms with Crippen LogP contribution < -0.4 is 0 Å². The number of hydrogen-bond acceptors (Lipinski definition) is 3. The van der Waals surface area contributed by atoms with E-state index in [1.54, 1.807) is 0 Å². The lowest BCUT2D eigenvalue weighted by Gasteiger charge is -2.59. The van der Waals surface area contributed by atoms with Crippen LogP contribution in [0.15, 0.2) is 11.6 Å². The minimum atomic E-state index is -0.315. The van der Waals surface area contributed by atoms with Gasteiger partial charge in [-0.15, -0.1) is 0 Å². The molecule has 0 aromatic rings. The summed E-state index contributed by atoms with van der Waals surface area (Å²) in [5.74, 6) is 1.42. The summed E-state index contributed by atoms with van der Waals surface area (Å²) in [4.78, 5) is 11.8. The molecule has 4 rings (SSSR count). The fourth-order valence-corrected chi connectivity index (χ4v) is 6.53. The first-order valence-corrected chi connectivity index (χ1v) is 8.96. The van der Waals surface area contributed by atoms with Crippen LogP contribution in [-0.4, -0.2) is 28.2 Å². The zero-order valence-corrected chi connectivity index (χ0v) is 13.7. The summed E-state index contributed by atoms with van der Waals surface area (Å²) >= 11 is 0. The van der Waals surface area contributed by atoms with Gasteiger partial charge in [-0.25, -0.2) is 0 Å². The summed E-state index contributed by atoms with van der Waals surface area (Å²) in [6, 6.07) is 0. The zero-order chi connectivity index (χ0) is 15.7. The monoisotopic (exact) mass is 304 g/mol. The summed E-state index contributed by atoms with van der Waals surface area (Å²) in [6.45, 7) is 4.49. The molecule has 4 aliphatic carbocycles. The molecule has 3 saturated carbocycles. The van der Waals surface area contributed by atoms with Crippen LogP contribution in [0.5, 0.6) is 0 Å². The molecule has 0 unspecified atom stereocenters. The van der Waals surface area contributed by atoms with Crippen molar-refractivity contribution in [3.8, 4) is 0 Å². The summed E-state index contributed by atoms with van der Waals surface area (Å²) in [7, 11) is 0. The highest BCUT2D eigenvalue weighted by Gasteiger charge is 2.61. The van der Waals surface area contributed by atoms with E-state index in [0.29, 0.717) is 18.3 Å². The van der Waals surface area contributed by atoms with Crippen LogP contribution in [0, 0.1) is 28.6 Å². The van der Waals surface area contributed by atoms with E-state index in [2.05, 4.69) is 13.8 Å². The Labute approximate surface area is 132 Å². The van der Waals surface area contributed by atoms with Crippen molar-refractivity contribution >= 4 is 5.78 Å². The third-order valence-corrected chi connectivity index (χ3v) is 7.90. The van der Waals surface area contributed by atoms with Gasteiger partial charge < -0.3 is 10.2 Å². The molecular weight excluding hydrogens is 276 g/mol. The van der Waals surface area contributed by atoms with Crippen molar-refractivity contribution in [2.24, 2.45) is 28.6 Å². The lowest BCUT2D eigenvalue weighted by Crippen LogP contribution is -2.56. The predicted octanol–water partition coefficient (Wildman–Crippen LogP) is 2.85. The number of aliphatic hydroxyl groups is 2. The predicted molar refractivity (Wildman–Crippen MR) is 84.1 cm³/mol. The number of ketones is 1. The average molecular weight is 304 g/mol. The van der Waals surface area contributed by atoms with E-state index in [1.807, 2.05) is 6.08 Å². The fraction of sp³-hybridized carbons (Fsp3) is 0.842. The SMILES string of the molecule is C[C@@]12CC[C@H](O)[C@H]1[C@@H]1CCC3=CC(=O)CC[C@]3(C)[C@H]1C[C@@H]2O. The molecule has 0 spiro atoms. The molecule has 0 amide bonds. The summed E-state index contributed by atoms with van der Waals surface area (Å²) in [5, 5.41) is 21.4. The molecule has 3 nitrogen and oxygen atoms in total. The first-order chi connectivity index (χ1) is 10.4. The van der Waals surface area contributed by atoms with Gasteiger partial charge in [0.25, 0.3) is 0 Å². The Morgan fingerprint density at radius 2 is 1.91 bits per heavy atom. The first-order valence-electron chi connectivity index (χ1n) is 8.96. The van der Waals surface area contributed by atoms with Crippen molar-refractivity contribution < 1.29 is 15.0 Å². The second kappa shape index (κ2) is 4.67. The van der Waals surface area contributed by atoms with Crippen molar-refractivity contribution in [3.05, 3.63) is 11.6 Å². The standard InChI is InChI=1S/C19H28O3/c1-18-7-5-12(20)9-11(18)3-4-13-14(18)10-16(22)19(2)8-6-15(21)17(13)19/h9,13-17,21-22H,3-8,10H2,1-2H3/t13-,14+,15+,16+,17-,18+,19+/m1/s1. The van der Waals surface area contributed by atoms with Crippen LogP contribution in [0.25, 0.3) is 0 Å². The Balaban J connectivity index is 1.74. The van der Waals surface area contributed by atoms with Gasteiger partial charge in [-0.3, -0.25) is 4.79 Å². The highest BCUT2D eigenvalue weighted by atomic mass is 16.3. The maximum atomic E-state index is 11.8. The molecule has 0 aromatic carbocycles. The Morgan fingerprint density at radius 3 is 2.68 bits per heavy atom. The van der Waals surface area contributed by atoms with Gasteiger partial charge in [-0.2, -0.15) is 0 Å². The van der Waals surface area contributed by atoms with Crippen molar-refractivity contribution in [3.63, 3.8) is 0 Å². The van der Waals surface area contributed by atoms with E-state index in [1.165, 1.54) is 5.57 Å². The molecule has 3 fully saturated rings. The number of aliphatic hydroxyl groups excluding tert-OH is 2. The number of hydrogen-bond donors (Lipinski definition) is 2. The van der Waals surface area contributed by atoms with E-state index in [-0.39, 0.29) is 34.7 Å². The number of carbonyl (C=O) groups excluding carboxylic acids is 1. The minimum absolute atomic E-state index is 0.0570. The summed E-state index contributed by atoms with van der Waals surface area (Å²) in [5.41, 5.74) is 1.26. The minimum Gasteiger partial charge on any atom is -0.393 e. The molecule has 4 aliphatic rings. The van der Waals surface area contributed by atoms with Gasteiger partial charge in [0.2, 0.25) is 0 Å². The molecule has 0 radical (unpaired) electrons. The fourth-order valence-electron chi connectivity index (χ4n) is 6.53. The number of fused-ring (bicyclic) bond motifs is 5. The molecule has 0 heterocycles. The molecule has 2 N–H and O–H groups in total. The van der Waals surface area contributed by atoms with Gasteiger partial charge in [0.05, 0.1) is 12.2 Å². The topological polar surface area (TPSA) is 57.5 Å². The first kappa shape index (κ1) is 14.9. The van der Waals surface area contributed by atoms with Crippen LogP contribution >= 0.6 is 0 Å². The molecule has 0 aliphatic heterocycles. The van der Waals surface area contributed by atoms with Crippen molar-refractivity contribution in [2.45, 2.75) is 71.0 Å². The van der Waals surface area contributed by atoms with E-state index < -0.39 is 0 Å². The molecule has 3 heteroatoms. The normalized spacial score (nSPS) is 54.3. The Kier molecular flexibility index (Phi) is 3.16. The van der Waals surface area contributed by atoms with Crippen LogP contribution in [0.1, 0.15) is 58.8 Å². The van der Waals surface area contributed by atoms with Gasteiger partial charge in [0, 0.05) is 6.42 Å². The van der Waals surface area contributed by atoms with Crippen LogP contribution in [0.3, 0.4) is 0 Å². The van der Waals surface area contributed by atoms with Gasteiger partial charge in [0.15, 0.2) is 5.78 Å².